The van der Waals surface area contributed by atoms with Crippen molar-refractivity contribution in [2.45, 2.75) is 135 Å². The van der Waals surface area contributed by atoms with Crippen LogP contribution in [0, 0.1) is 48.1 Å². The number of hydrogen-bond acceptors (Lipinski definition) is 9. The normalized spacial score (nSPS) is 11.8. The molecule has 4 rings (SSSR count). The molecule has 75 heavy (non-hydrogen) atoms. The van der Waals surface area contributed by atoms with Crippen LogP contribution in [0.25, 0.3) is 0 Å². The van der Waals surface area contributed by atoms with Gasteiger partial charge in [-0.05, 0) is 71.9 Å². The number of carbonyl (C=O) groups is 5. The minimum absolute atomic E-state index is 0.0209. The summed E-state index contributed by atoms with van der Waals surface area (Å²) >= 11 is 0. The van der Waals surface area contributed by atoms with Crippen LogP contribution in [-0.4, -0.2) is 72.8 Å². The number of terminal acetylenes is 1. The molecule has 15 nitrogen and oxygen atoms in total. The third-order valence-corrected chi connectivity index (χ3v) is 11.5. The van der Waals surface area contributed by atoms with Gasteiger partial charge in [0.15, 0.2) is 6.29 Å². The van der Waals surface area contributed by atoms with Gasteiger partial charge in [-0.2, -0.15) is 0 Å². The number of hydrogen-bond donors (Lipinski definition) is 7. The van der Waals surface area contributed by atoms with E-state index < -0.39 is 54.4 Å². The summed E-state index contributed by atoms with van der Waals surface area (Å²) in [5, 5.41) is 27.6. The molecule has 0 heterocycles. The molecule has 0 aliphatic rings. The molecule has 4 aromatic carbocycles. The van der Waals surface area contributed by atoms with Crippen molar-refractivity contribution < 1.29 is 43.3 Å². The van der Waals surface area contributed by atoms with E-state index in [-0.39, 0.29) is 42.9 Å². The van der Waals surface area contributed by atoms with E-state index in [9.17, 15) is 29.1 Å². The first-order valence-electron chi connectivity index (χ1n) is 25.7. The van der Waals surface area contributed by atoms with E-state index in [0.29, 0.717) is 18.6 Å². The Kier molecular flexibility index (Phi) is 28.4. The van der Waals surface area contributed by atoms with Crippen LogP contribution >= 0.6 is 0 Å². The molecule has 4 aromatic rings. The first-order chi connectivity index (χ1) is 36.6. The zero-order valence-electron chi connectivity index (χ0n) is 43.0. The van der Waals surface area contributed by atoms with Crippen molar-refractivity contribution in [2.75, 3.05) is 29.2 Å². The van der Waals surface area contributed by atoms with Crippen LogP contribution in [-0.2, 0) is 43.1 Å². The number of amides is 6. The molecule has 0 fully saturated rings. The van der Waals surface area contributed by atoms with Gasteiger partial charge in [-0.15, -0.1) is 6.42 Å². The standard InChI is InChI=1S/C60H70N6O9/c1-4-7-10-13-16-28-37-73-55(67)52(40-46-31-22-19-23-32-46)64-58(70)61-49-43-50(62-59(71)65-53(41-47-33-24-20-25-34-47)56(68)74-38-29-17-14-11-8-5-2)45-51(44-49)63-60(72)66-54(42-48-35-26-21-27-36-48)57(69)75-39-30-18-15-12-9-6-3/h1,19-27,31-36,43-45,52-54,56,68H,5-6,8-9,11-12,14-15,17-18,29-30,38-42H2,2-3H3,(H2,61,64,70)(H2,62,65,71)(H2,63,66,72)/t52-,53-,54-,56?/m0/s1. The lowest BCUT2D eigenvalue weighted by atomic mass is 10.1. The lowest BCUT2D eigenvalue weighted by molar-refractivity contribution is -0.146. The third-order valence-electron chi connectivity index (χ3n) is 11.5. The number of esters is 2. The van der Waals surface area contributed by atoms with Crippen molar-refractivity contribution in [3.8, 4) is 48.1 Å². The molecule has 394 valence electrons. The van der Waals surface area contributed by atoms with E-state index in [1.807, 2.05) is 60.7 Å². The average Bonchev–Trinajstić information content (AvgIpc) is 3.40. The van der Waals surface area contributed by atoms with Gasteiger partial charge in [0.1, 0.15) is 18.2 Å². The summed E-state index contributed by atoms with van der Waals surface area (Å²) in [5.41, 5.74) is 2.59. The molecule has 4 atom stereocenters. The van der Waals surface area contributed by atoms with Gasteiger partial charge in [0.25, 0.3) is 0 Å². The summed E-state index contributed by atoms with van der Waals surface area (Å²) in [4.78, 5) is 68.3. The van der Waals surface area contributed by atoms with Crippen LogP contribution in [0.2, 0.25) is 0 Å². The van der Waals surface area contributed by atoms with Crippen molar-refractivity contribution in [1.82, 2.24) is 16.0 Å². The Morgan fingerprint density at radius 3 is 1.41 bits per heavy atom. The molecule has 0 aliphatic heterocycles. The molecule has 0 aliphatic carbocycles. The second-order valence-electron chi connectivity index (χ2n) is 17.6. The van der Waals surface area contributed by atoms with Crippen molar-refractivity contribution >= 4 is 47.1 Å². The number of rotatable bonds is 30. The SMILES string of the molecule is C#CC#CC#CC#COC(=O)[C@H](Cc1ccccc1)NC(=O)Nc1cc(NC(=O)N[C@@H](Cc2ccccc2)C(=O)OCCCCCCCC)cc(NC(=O)N[C@@H](Cc2ccccc2)C(O)OCCCCCCCC)c1. The van der Waals surface area contributed by atoms with E-state index in [2.05, 4.69) is 87.4 Å². The fraction of sp³-hybridized carbons (Fsp3) is 0.383. The summed E-state index contributed by atoms with van der Waals surface area (Å²) in [5.74, 6) is 12.5. The van der Waals surface area contributed by atoms with E-state index in [1.54, 1.807) is 30.3 Å². The molecule has 7 N–H and O–H groups in total. The molecule has 0 saturated heterocycles. The maximum atomic E-state index is 13.9. The molecule has 0 spiro atoms. The first kappa shape index (κ1) is 59.4. The van der Waals surface area contributed by atoms with Crippen LogP contribution < -0.4 is 31.9 Å². The maximum Gasteiger partial charge on any atom is 0.342 e. The van der Waals surface area contributed by atoms with Gasteiger partial charge in [-0.1, -0.05) is 169 Å². The van der Waals surface area contributed by atoms with Crippen LogP contribution in [0.4, 0.5) is 31.4 Å². The second-order valence-corrected chi connectivity index (χ2v) is 17.6. The van der Waals surface area contributed by atoms with E-state index >= 15 is 0 Å². The number of aliphatic hydroxyl groups excluding tert-OH is 1. The molecule has 0 bridgehead atoms. The number of benzene rings is 4. The Balaban J connectivity index is 1.59. The summed E-state index contributed by atoms with van der Waals surface area (Å²) in [6, 6.07) is 26.2. The Morgan fingerprint density at radius 1 is 0.507 bits per heavy atom. The van der Waals surface area contributed by atoms with Gasteiger partial charge in [0.05, 0.1) is 12.6 Å². The van der Waals surface area contributed by atoms with Crippen molar-refractivity contribution in [2.24, 2.45) is 0 Å². The van der Waals surface area contributed by atoms with Gasteiger partial charge >= 0.3 is 30.0 Å². The summed E-state index contributed by atoms with van der Waals surface area (Å²) < 4.78 is 16.6. The smallest absolute Gasteiger partial charge is 0.342 e. The minimum atomic E-state index is -1.35. The number of carbonyl (C=O) groups excluding carboxylic acids is 5. The van der Waals surface area contributed by atoms with Crippen molar-refractivity contribution in [3.63, 3.8) is 0 Å². The fourth-order valence-corrected chi connectivity index (χ4v) is 7.67. The molecule has 15 heteroatoms. The lowest BCUT2D eigenvalue weighted by Crippen LogP contribution is -2.47. The average molecular weight is 1020 g/mol. The molecule has 0 aromatic heterocycles. The molecule has 1 unspecified atom stereocenters. The number of ether oxygens (including phenoxy) is 3. The summed E-state index contributed by atoms with van der Waals surface area (Å²) in [6.45, 7) is 4.81. The lowest BCUT2D eigenvalue weighted by Gasteiger charge is -2.25. The number of unbranched alkanes of at least 4 members (excludes halogenated alkanes) is 10. The fourth-order valence-electron chi connectivity index (χ4n) is 7.67. The zero-order valence-corrected chi connectivity index (χ0v) is 43.0. The predicted octanol–water partition coefficient (Wildman–Crippen LogP) is 9.63. The zero-order chi connectivity index (χ0) is 53.7. The Hall–Kier alpha value is -8.21. The Labute approximate surface area is 442 Å². The van der Waals surface area contributed by atoms with Gasteiger partial charge in [-0.3, -0.25) is 0 Å². The highest BCUT2D eigenvalue weighted by Crippen LogP contribution is 2.24. The monoisotopic (exact) mass is 1020 g/mol. The minimum Gasteiger partial charge on any atom is -0.464 e. The molecular formula is C60H70N6O9. The molecule has 6 amide bonds. The molecule has 0 radical (unpaired) electrons. The topological polar surface area (TPSA) is 205 Å². The maximum absolute atomic E-state index is 13.9. The van der Waals surface area contributed by atoms with Crippen molar-refractivity contribution in [3.05, 3.63) is 126 Å². The first-order valence-corrected chi connectivity index (χ1v) is 25.7. The second kappa shape index (κ2) is 35.8. The largest absolute Gasteiger partial charge is 0.464 e. The van der Waals surface area contributed by atoms with Gasteiger partial charge in [0.2, 0.25) is 0 Å². The van der Waals surface area contributed by atoms with Crippen molar-refractivity contribution in [1.29, 1.82) is 0 Å². The highest BCUT2D eigenvalue weighted by molar-refractivity contribution is 5.98. The highest BCUT2D eigenvalue weighted by Gasteiger charge is 2.26. The molecule has 0 saturated carbocycles. The number of anilines is 3. The number of aliphatic hydroxyl groups is 1. The predicted molar refractivity (Wildman–Crippen MR) is 293 cm³/mol. The summed E-state index contributed by atoms with van der Waals surface area (Å²) in [7, 11) is 0. The van der Waals surface area contributed by atoms with Crippen LogP contribution in [0.1, 0.15) is 108 Å². The molecular weight excluding hydrogens is 949 g/mol. The van der Waals surface area contributed by atoms with Crippen LogP contribution in [0.3, 0.4) is 0 Å². The van der Waals surface area contributed by atoms with Gasteiger partial charge < -0.3 is 51.2 Å². The van der Waals surface area contributed by atoms with Crippen LogP contribution in [0.15, 0.2) is 109 Å². The number of urea groups is 3. The Morgan fingerprint density at radius 2 is 0.920 bits per heavy atom. The third kappa shape index (κ3) is 25.3. The number of nitrogens with one attached hydrogen (secondary N) is 6. The van der Waals surface area contributed by atoms with Crippen LogP contribution in [0.5, 0.6) is 0 Å². The van der Waals surface area contributed by atoms with Gasteiger partial charge in [-0.25, -0.2) is 24.0 Å². The quantitative estimate of drug-likeness (QED) is 0.0115. The summed E-state index contributed by atoms with van der Waals surface area (Å²) in [6.07, 6.45) is 18.5. The van der Waals surface area contributed by atoms with E-state index in [4.69, 9.17) is 20.6 Å². The highest BCUT2D eigenvalue weighted by atomic mass is 16.6. The van der Waals surface area contributed by atoms with E-state index in [0.717, 1.165) is 81.8 Å². The van der Waals surface area contributed by atoms with E-state index in [1.165, 1.54) is 18.2 Å². The Bertz CT molecular complexity index is 2630. The van der Waals surface area contributed by atoms with Gasteiger partial charge in [0, 0.05) is 54.3 Å².